The van der Waals surface area contributed by atoms with Crippen LogP contribution in [0.5, 0.6) is 5.75 Å². The number of nitrogens with two attached hydrogens (primary N) is 1. The van der Waals surface area contributed by atoms with Crippen LogP contribution in [0.3, 0.4) is 0 Å². The number of benzene rings is 1. The van der Waals surface area contributed by atoms with Crippen molar-refractivity contribution in [3.05, 3.63) is 60.3 Å². The third kappa shape index (κ3) is 6.98. The van der Waals surface area contributed by atoms with Gasteiger partial charge in [0.05, 0.1) is 28.7 Å². The van der Waals surface area contributed by atoms with Crippen LogP contribution in [0, 0.1) is 12.3 Å². The van der Waals surface area contributed by atoms with E-state index in [2.05, 4.69) is 31.8 Å². The molecule has 13 heteroatoms. The minimum Gasteiger partial charge on any atom is -0.487 e. The number of rotatable bonds is 10. The van der Waals surface area contributed by atoms with Gasteiger partial charge in [-0.15, -0.1) is 5.10 Å². The molecule has 0 bridgehead atoms. The number of hydrogen-bond donors (Lipinski definition) is 1. The molecule has 1 aliphatic rings. The smallest absolute Gasteiger partial charge is 0.313 e. The molecule has 5 rings (SSSR count). The molecule has 4 heterocycles. The van der Waals surface area contributed by atoms with Crippen molar-refractivity contribution in [2.24, 2.45) is 5.41 Å². The largest absolute Gasteiger partial charge is 0.487 e. The Morgan fingerprint density at radius 1 is 1.16 bits per heavy atom. The van der Waals surface area contributed by atoms with Crippen LogP contribution in [0.25, 0.3) is 22.2 Å². The molecule has 2 N–H and O–H groups in total. The number of nitrogens with zero attached hydrogens (tertiary/aromatic N) is 8. The standard InChI is InChI=1S/C32H41N9O4/c1-21-27(22-9-11-25(12-10-22)44-18-24-16-36-37-40(24)20-45-31(43)32(2,3)4)28-29(33)34-19-35-30(28)41(21)23-13-15-39(17-23)26(42)8-7-14-38(5)6/h7-12,16,19,23H,13-15,17-18,20H2,1-6H3,(H2,33,34,35)/b8-7+. The maximum absolute atomic E-state index is 12.8. The van der Waals surface area contributed by atoms with E-state index in [1.54, 1.807) is 33.0 Å². The van der Waals surface area contributed by atoms with Gasteiger partial charge in [0.2, 0.25) is 5.91 Å². The minimum absolute atomic E-state index is 0.0168. The van der Waals surface area contributed by atoms with Crippen LogP contribution >= 0.6 is 0 Å². The Balaban J connectivity index is 1.32. The Hall–Kier alpha value is -4.78. The maximum Gasteiger partial charge on any atom is 0.313 e. The zero-order chi connectivity index (χ0) is 32.3. The zero-order valence-corrected chi connectivity index (χ0v) is 26.7. The summed E-state index contributed by atoms with van der Waals surface area (Å²) in [5.74, 6) is 0.747. The molecule has 45 heavy (non-hydrogen) atoms. The third-order valence-corrected chi connectivity index (χ3v) is 7.79. The van der Waals surface area contributed by atoms with E-state index >= 15 is 0 Å². The second-order valence-corrected chi connectivity index (χ2v) is 12.5. The summed E-state index contributed by atoms with van der Waals surface area (Å²) in [7, 11) is 3.94. The van der Waals surface area contributed by atoms with Gasteiger partial charge in [0, 0.05) is 37.0 Å². The molecule has 238 valence electrons. The number of likely N-dealkylation sites (tertiary alicyclic amines) is 1. The Labute approximate surface area is 262 Å². The van der Waals surface area contributed by atoms with Gasteiger partial charge in [-0.3, -0.25) is 9.59 Å². The van der Waals surface area contributed by atoms with Gasteiger partial charge in [-0.1, -0.05) is 23.4 Å². The highest BCUT2D eigenvalue weighted by molar-refractivity contribution is 6.02. The normalized spacial score (nSPS) is 15.4. The van der Waals surface area contributed by atoms with Gasteiger partial charge in [0.1, 0.15) is 30.1 Å². The number of anilines is 1. The number of carbonyl (C=O) groups is 2. The quantitative estimate of drug-likeness (QED) is 0.207. The van der Waals surface area contributed by atoms with Gasteiger partial charge >= 0.3 is 5.97 Å². The number of ether oxygens (including phenoxy) is 2. The number of esters is 1. The molecule has 1 amide bonds. The van der Waals surface area contributed by atoms with Crippen LogP contribution in [0.4, 0.5) is 5.82 Å². The van der Waals surface area contributed by atoms with Crippen molar-refractivity contribution in [2.45, 2.75) is 53.5 Å². The lowest BCUT2D eigenvalue weighted by Gasteiger charge is -2.18. The zero-order valence-electron chi connectivity index (χ0n) is 26.7. The lowest BCUT2D eigenvalue weighted by molar-refractivity contribution is -0.157. The van der Waals surface area contributed by atoms with Gasteiger partial charge in [0.15, 0.2) is 6.73 Å². The maximum atomic E-state index is 12.8. The highest BCUT2D eigenvalue weighted by Crippen LogP contribution is 2.40. The molecule has 1 saturated heterocycles. The summed E-state index contributed by atoms with van der Waals surface area (Å²) < 4.78 is 15.1. The summed E-state index contributed by atoms with van der Waals surface area (Å²) in [5.41, 5.74) is 10.2. The molecule has 1 fully saturated rings. The second kappa shape index (κ2) is 13.1. The summed E-state index contributed by atoms with van der Waals surface area (Å²) in [5, 5.41) is 8.73. The van der Waals surface area contributed by atoms with Crippen molar-refractivity contribution in [1.29, 1.82) is 0 Å². The van der Waals surface area contributed by atoms with E-state index in [9.17, 15) is 9.59 Å². The molecular formula is C32H41N9O4. The van der Waals surface area contributed by atoms with Crippen molar-refractivity contribution < 1.29 is 19.1 Å². The average molecular weight is 616 g/mol. The van der Waals surface area contributed by atoms with Crippen molar-refractivity contribution >= 4 is 28.7 Å². The summed E-state index contributed by atoms with van der Waals surface area (Å²) >= 11 is 0. The van der Waals surface area contributed by atoms with E-state index in [4.69, 9.17) is 15.2 Å². The number of carbonyl (C=O) groups excluding carboxylic acids is 2. The van der Waals surface area contributed by atoms with Crippen LogP contribution < -0.4 is 10.5 Å². The molecule has 1 atom stereocenters. The first-order chi connectivity index (χ1) is 21.4. The SMILES string of the molecule is Cc1c(-c2ccc(OCc3cnnn3COC(=O)C(C)(C)C)cc2)c2c(N)ncnc2n1C1CCN(C(=O)/C=C/CN(C)C)C1. The molecule has 0 spiro atoms. The molecule has 0 radical (unpaired) electrons. The summed E-state index contributed by atoms with van der Waals surface area (Å²) in [6.07, 6.45) is 7.43. The van der Waals surface area contributed by atoms with Crippen LogP contribution in [-0.4, -0.2) is 84.9 Å². The van der Waals surface area contributed by atoms with E-state index in [0.717, 1.165) is 34.3 Å². The summed E-state index contributed by atoms with van der Waals surface area (Å²) in [6.45, 7) is 9.57. The van der Waals surface area contributed by atoms with Crippen LogP contribution in [0.15, 0.2) is 48.9 Å². The second-order valence-electron chi connectivity index (χ2n) is 12.5. The predicted octanol–water partition coefficient (Wildman–Crippen LogP) is 3.60. The minimum atomic E-state index is -0.611. The van der Waals surface area contributed by atoms with Gasteiger partial charge in [0.25, 0.3) is 0 Å². The van der Waals surface area contributed by atoms with E-state index < -0.39 is 5.41 Å². The Bertz CT molecular complexity index is 1700. The highest BCUT2D eigenvalue weighted by Gasteiger charge is 2.31. The Morgan fingerprint density at radius 3 is 2.62 bits per heavy atom. The molecule has 13 nitrogen and oxygen atoms in total. The number of hydrogen-bond acceptors (Lipinski definition) is 10. The summed E-state index contributed by atoms with van der Waals surface area (Å²) in [6, 6.07) is 7.80. The first kappa shape index (κ1) is 31.6. The van der Waals surface area contributed by atoms with Crippen molar-refractivity contribution in [3.63, 3.8) is 0 Å². The van der Waals surface area contributed by atoms with Gasteiger partial charge in [-0.05, 0) is 65.9 Å². The molecule has 1 aromatic carbocycles. The number of aromatic nitrogens is 6. The van der Waals surface area contributed by atoms with Gasteiger partial charge in [-0.2, -0.15) is 0 Å². The van der Waals surface area contributed by atoms with Crippen LogP contribution in [0.1, 0.15) is 44.6 Å². The number of amides is 1. The van der Waals surface area contributed by atoms with Crippen LogP contribution in [-0.2, 0) is 27.7 Å². The lowest BCUT2D eigenvalue weighted by Crippen LogP contribution is -2.27. The van der Waals surface area contributed by atoms with Crippen molar-refractivity contribution in [2.75, 3.05) is 39.5 Å². The van der Waals surface area contributed by atoms with Crippen molar-refractivity contribution in [3.8, 4) is 16.9 Å². The fourth-order valence-electron chi connectivity index (χ4n) is 5.41. The number of nitrogen functional groups attached to an aromatic ring is 1. The first-order valence-corrected chi connectivity index (χ1v) is 14.9. The van der Waals surface area contributed by atoms with Gasteiger partial charge < -0.3 is 29.6 Å². The third-order valence-electron chi connectivity index (χ3n) is 7.79. The van der Waals surface area contributed by atoms with E-state index in [1.807, 2.05) is 54.2 Å². The fraction of sp³-hybridized carbons (Fsp3) is 0.438. The molecule has 3 aromatic heterocycles. The topological polar surface area (TPSA) is 147 Å². The van der Waals surface area contributed by atoms with Gasteiger partial charge in [-0.25, -0.2) is 14.6 Å². The highest BCUT2D eigenvalue weighted by atomic mass is 16.5. The lowest BCUT2D eigenvalue weighted by atomic mass is 9.98. The average Bonchev–Trinajstić information content (AvgIpc) is 3.72. The number of fused-ring (bicyclic) bond motifs is 1. The molecule has 1 aliphatic heterocycles. The summed E-state index contributed by atoms with van der Waals surface area (Å²) in [4.78, 5) is 37.8. The first-order valence-electron chi connectivity index (χ1n) is 14.9. The molecule has 4 aromatic rings. The molecule has 0 aliphatic carbocycles. The predicted molar refractivity (Wildman–Crippen MR) is 170 cm³/mol. The molecular weight excluding hydrogens is 574 g/mol. The van der Waals surface area contributed by atoms with E-state index in [0.29, 0.717) is 36.9 Å². The Morgan fingerprint density at radius 2 is 1.91 bits per heavy atom. The number of likely N-dealkylation sites (N-methyl/N-ethyl adjacent to an activating group) is 1. The van der Waals surface area contributed by atoms with Crippen molar-refractivity contribution in [1.82, 2.24) is 39.3 Å². The molecule has 0 saturated carbocycles. The monoisotopic (exact) mass is 615 g/mol. The van der Waals surface area contributed by atoms with E-state index in [-0.39, 0.29) is 31.3 Å². The van der Waals surface area contributed by atoms with Crippen LogP contribution in [0.2, 0.25) is 0 Å². The molecule has 1 unspecified atom stereocenters. The fourth-order valence-corrected chi connectivity index (χ4v) is 5.41. The van der Waals surface area contributed by atoms with E-state index in [1.165, 1.54) is 11.0 Å². The Kier molecular flexibility index (Phi) is 9.19.